The summed E-state index contributed by atoms with van der Waals surface area (Å²) in [6.45, 7) is 5.95. The quantitative estimate of drug-likeness (QED) is 0.186. The molecule has 1 aliphatic heterocycles. The second-order valence-electron chi connectivity index (χ2n) is 10.5. The molecule has 1 atom stereocenters. The molecule has 0 spiro atoms. The van der Waals surface area contributed by atoms with E-state index in [2.05, 4.69) is 9.97 Å². The van der Waals surface area contributed by atoms with Crippen LogP contribution in [0.1, 0.15) is 43.5 Å². The fourth-order valence-corrected chi connectivity index (χ4v) is 4.88. The standard InChI is InChI=1S/C30H27F2N3O5/c1-30(2,3)18-12-16(9-10-23(18)40-5)26(36)24-25(15-7-6-8-17(11-15)39-4)35(28(38)27(24)37)29-33-21-13-19(31)20(32)14-22(21)34-29/h6-14,25,36H,1-5H3,(H,33,34)/b26-24+. The van der Waals surface area contributed by atoms with Gasteiger partial charge in [0.1, 0.15) is 17.3 Å². The number of Topliss-reactive ketones (excluding diaryl/α,β-unsaturated/α-hetero) is 1. The molecule has 0 aliphatic carbocycles. The number of imidazole rings is 1. The Kier molecular flexibility index (Phi) is 6.57. The highest BCUT2D eigenvalue weighted by molar-refractivity contribution is 6.51. The third kappa shape index (κ3) is 4.45. The summed E-state index contributed by atoms with van der Waals surface area (Å²) in [6.07, 6.45) is 0. The van der Waals surface area contributed by atoms with Crippen LogP contribution in [0.25, 0.3) is 16.8 Å². The summed E-state index contributed by atoms with van der Waals surface area (Å²) in [7, 11) is 3.02. The molecule has 1 amide bonds. The average molecular weight is 548 g/mol. The molecule has 1 fully saturated rings. The van der Waals surface area contributed by atoms with E-state index in [1.54, 1.807) is 49.6 Å². The maximum absolute atomic E-state index is 13.9. The minimum atomic E-state index is -1.13. The zero-order valence-corrected chi connectivity index (χ0v) is 22.5. The van der Waals surface area contributed by atoms with Gasteiger partial charge in [0.2, 0.25) is 5.95 Å². The van der Waals surface area contributed by atoms with Crippen molar-refractivity contribution in [1.82, 2.24) is 9.97 Å². The lowest BCUT2D eigenvalue weighted by Crippen LogP contribution is -2.30. The lowest BCUT2D eigenvalue weighted by atomic mass is 9.84. The number of anilines is 1. The van der Waals surface area contributed by atoms with Crippen molar-refractivity contribution < 1.29 is 33.0 Å². The average Bonchev–Trinajstić information content (AvgIpc) is 3.44. The van der Waals surface area contributed by atoms with Crippen LogP contribution in [-0.2, 0) is 15.0 Å². The number of nitrogens with one attached hydrogen (secondary N) is 1. The van der Waals surface area contributed by atoms with Crippen LogP contribution in [0, 0.1) is 11.6 Å². The molecule has 40 heavy (non-hydrogen) atoms. The first-order valence-electron chi connectivity index (χ1n) is 12.4. The number of halogens is 2. The number of benzene rings is 3. The summed E-state index contributed by atoms with van der Waals surface area (Å²) in [5, 5.41) is 11.6. The summed E-state index contributed by atoms with van der Waals surface area (Å²) in [5.74, 6) is -3.56. The largest absolute Gasteiger partial charge is 0.507 e. The Hall–Kier alpha value is -4.73. The monoisotopic (exact) mass is 547 g/mol. The second-order valence-corrected chi connectivity index (χ2v) is 10.5. The number of aliphatic hydroxyl groups excluding tert-OH is 1. The Morgan fingerprint density at radius 2 is 1.73 bits per heavy atom. The highest BCUT2D eigenvalue weighted by atomic mass is 19.2. The number of methoxy groups -OCH3 is 2. The number of amides is 1. The summed E-state index contributed by atoms with van der Waals surface area (Å²) in [4.78, 5) is 35.2. The third-order valence-corrected chi connectivity index (χ3v) is 6.87. The molecule has 0 saturated carbocycles. The fraction of sp³-hybridized carbons (Fsp3) is 0.233. The van der Waals surface area contributed by atoms with E-state index in [1.165, 1.54) is 7.11 Å². The predicted molar refractivity (Wildman–Crippen MR) is 145 cm³/mol. The van der Waals surface area contributed by atoms with E-state index in [1.807, 2.05) is 20.8 Å². The summed E-state index contributed by atoms with van der Waals surface area (Å²) in [6, 6.07) is 12.4. The van der Waals surface area contributed by atoms with Crippen molar-refractivity contribution in [2.45, 2.75) is 32.2 Å². The number of fused-ring (bicyclic) bond motifs is 1. The molecule has 1 aromatic heterocycles. The van der Waals surface area contributed by atoms with Crippen LogP contribution >= 0.6 is 0 Å². The topological polar surface area (TPSA) is 105 Å². The maximum atomic E-state index is 13.9. The van der Waals surface area contributed by atoms with Crippen LogP contribution in [-0.4, -0.2) is 41.0 Å². The molecule has 1 unspecified atom stereocenters. The van der Waals surface area contributed by atoms with Gasteiger partial charge in [-0.2, -0.15) is 0 Å². The summed E-state index contributed by atoms with van der Waals surface area (Å²) >= 11 is 0. The van der Waals surface area contributed by atoms with E-state index < -0.39 is 35.1 Å². The number of ether oxygens (including phenoxy) is 2. The number of nitrogens with zero attached hydrogens (tertiary/aromatic N) is 2. The Bertz CT molecular complexity index is 1660. The van der Waals surface area contributed by atoms with Gasteiger partial charge in [0.15, 0.2) is 11.6 Å². The molecule has 1 saturated heterocycles. The van der Waals surface area contributed by atoms with Gasteiger partial charge in [-0.05, 0) is 41.3 Å². The van der Waals surface area contributed by atoms with Gasteiger partial charge in [0, 0.05) is 23.3 Å². The van der Waals surface area contributed by atoms with Crippen LogP contribution in [0.2, 0.25) is 0 Å². The van der Waals surface area contributed by atoms with Gasteiger partial charge in [-0.15, -0.1) is 0 Å². The van der Waals surface area contributed by atoms with Gasteiger partial charge in [-0.25, -0.2) is 13.8 Å². The number of carbonyl (C=O) groups is 2. The normalized spacial score (nSPS) is 17.1. The molecule has 0 radical (unpaired) electrons. The number of ketones is 1. The predicted octanol–water partition coefficient (Wildman–Crippen LogP) is 5.78. The first-order chi connectivity index (χ1) is 18.9. The molecule has 2 N–H and O–H groups in total. The molecular weight excluding hydrogens is 520 g/mol. The van der Waals surface area contributed by atoms with Crippen LogP contribution in [0.5, 0.6) is 11.5 Å². The number of aromatic amines is 1. The number of aromatic nitrogens is 2. The van der Waals surface area contributed by atoms with Gasteiger partial charge >= 0.3 is 5.91 Å². The van der Waals surface area contributed by atoms with Crippen molar-refractivity contribution in [1.29, 1.82) is 0 Å². The van der Waals surface area contributed by atoms with E-state index in [0.717, 1.165) is 22.6 Å². The molecule has 10 heteroatoms. The number of hydrogen-bond acceptors (Lipinski definition) is 6. The molecular formula is C30H27F2N3O5. The number of rotatable bonds is 5. The van der Waals surface area contributed by atoms with Crippen molar-refractivity contribution in [2.24, 2.45) is 0 Å². The van der Waals surface area contributed by atoms with Gasteiger partial charge in [-0.1, -0.05) is 32.9 Å². The van der Waals surface area contributed by atoms with Crippen molar-refractivity contribution in [3.05, 3.63) is 88.5 Å². The molecule has 0 bridgehead atoms. The van der Waals surface area contributed by atoms with Crippen molar-refractivity contribution in [3.8, 4) is 11.5 Å². The van der Waals surface area contributed by atoms with E-state index in [0.29, 0.717) is 22.6 Å². The van der Waals surface area contributed by atoms with E-state index in [4.69, 9.17) is 9.47 Å². The lowest BCUT2D eigenvalue weighted by molar-refractivity contribution is -0.132. The lowest BCUT2D eigenvalue weighted by Gasteiger charge is -2.24. The molecule has 206 valence electrons. The molecule has 1 aliphatic rings. The molecule has 4 aromatic rings. The van der Waals surface area contributed by atoms with E-state index in [9.17, 15) is 23.5 Å². The second kappa shape index (κ2) is 9.78. The van der Waals surface area contributed by atoms with Gasteiger partial charge in [0.25, 0.3) is 5.78 Å². The van der Waals surface area contributed by atoms with Crippen molar-refractivity contribution >= 4 is 34.4 Å². The minimum absolute atomic E-state index is 0.0603. The Balaban J connectivity index is 1.75. The van der Waals surface area contributed by atoms with Gasteiger partial charge in [0.05, 0.1) is 36.9 Å². The summed E-state index contributed by atoms with van der Waals surface area (Å²) < 4.78 is 38.7. The highest BCUT2D eigenvalue weighted by Gasteiger charge is 2.48. The first kappa shape index (κ1) is 26.9. The van der Waals surface area contributed by atoms with Gasteiger partial charge in [-0.3, -0.25) is 14.5 Å². The van der Waals surface area contributed by atoms with Crippen LogP contribution in [0.15, 0.2) is 60.2 Å². The fourth-order valence-electron chi connectivity index (χ4n) is 4.88. The molecule has 8 nitrogen and oxygen atoms in total. The Labute approximate surface area is 228 Å². The Morgan fingerprint density at radius 3 is 2.40 bits per heavy atom. The third-order valence-electron chi connectivity index (χ3n) is 6.87. The smallest absolute Gasteiger partial charge is 0.302 e. The van der Waals surface area contributed by atoms with Crippen molar-refractivity contribution in [2.75, 3.05) is 19.1 Å². The van der Waals surface area contributed by atoms with E-state index in [-0.39, 0.29) is 28.0 Å². The number of H-pyrrole nitrogens is 1. The summed E-state index contributed by atoms with van der Waals surface area (Å²) in [5.41, 5.74) is 1.19. The zero-order valence-electron chi connectivity index (χ0n) is 22.5. The van der Waals surface area contributed by atoms with Gasteiger partial charge < -0.3 is 19.6 Å². The molecule has 3 aromatic carbocycles. The maximum Gasteiger partial charge on any atom is 0.302 e. The van der Waals surface area contributed by atoms with E-state index >= 15 is 0 Å². The minimum Gasteiger partial charge on any atom is -0.507 e. The highest BCUT2D eigenvalue weighted by Crippen LogP contribution is 2.43. The van der Waals surface area contributed by atoms with Crippen molar-refractivity contribution in [3.63, 3.8) is 0 Å². The van der Waals surface area contributed by atoms with Crippen LogP contribution < -0.4 is 14.4 Å². The molecule has 2 heterocycles. The number of hydrogen-bond donors (Lipinski definition) is 2. The molecule has 5 rings (SSSR count). The van der Waals surface area contributed by atoms with Crippen LogP contribution in [0.3, 0.4) is 0 Å². The SMILES string of the molecule is COc1cccc(C2/C(=C(\O)c3ccc(OC)c(C(C)(C)C)c3)C(=O)C(=O)N2c2nc3cc(F)c(F)cc3[nH]2)c1. The zero-order chi connectivity index (χ0) is 28.9. The first-order valence-corrected chi connectivity index (χ1v) is 12.4. The van der Waals surface area contributed by atoms with Crippen LogP contribution in [0.4, 0.5) is 14.7 Å². The number of aliphatic hydroxyl groups is 1. The number of carbonyl (C=O) groups excluding carboxylic acids is 2. The Morgan fingerprint density at radius 1 is 1.00 bits per heavy atom.